The normalized spacial score (nSPS) is 10.5. The van der Waals surface area contributed by atoms with Gasteiger partial charge in [-0.2, -0.15) is 0 Å². The summed E-state index contributed by atoms with van der Waals surface area (Å²) in [6, 6.07) is 7.63. The summed E-state index contributed by atoms with van der Waals surface area (Å²) in [5.74, 6) is 0.533. The van der Waals surface area contributed by atoms with Crippen molar-refractivity contribution in [1.29, 1.82) is 0 Å². The molecule has 1 aromatic carbocycles. The maximum Gasteiger partial charge on any atom is 0.243 e. The lowest BCUT2D eigenvalue weighted by atomic mass is 10.3. The molecular weight excluding hydrogens is 292 g/mol. The van der Waals surface area contributed by atoms with Crippen molar-refractivity contribution in [2.45, 2.75) is 6.54 Å². The number of para-hydroxylation sites is 2. The SMILES string of the molecule is C=CCN(CC=C)C(=O)Cn1c(NCCO)nc2ccccc21. The van der Waals surface area contributed by atoms with Crippen LogP contribution in [0.4, 0.5) is 5.95 Å². The van der Waals surface area contributed by atoms with Gasteiger partial charge < -0.3 is 19.9 Å². The molecule has 0 saturated heterocycles. The molecule has 6 heteroatoms. The number of hydrogen-bond donors (Lipinski definition) is 2. The summed E-state index contributed by atoms with van der Waals surface area (Å²) in [4.78, 5) is 18.7. The molecular formula is C17H22N4O2. The average molecular weight is 314 g/mol. The Balaban J connectivity index is 2.30. The number of anilines is 1. The van der Waals surface area contributed by atoms with E-state index in [0.29, 0.717) is 25.6 Å². The number of benzene rings is 1. The lowest BCUT2D eigenvalue weighted by molar-refractivity contribution is -0.130. The van der Waals surface area contributed by atoms with Crippen molar-refractivity contribution in [2.75, 3.05) is 31.6 Å². The van der Waals surface area contributed by atoms with Crippen LogP contribution < -0.4 is 5.32 Å². The van der Waals surface area contributed by atoms with Crippen LogP contribution in [0.15, 0.2) is 49.6 Å². The Kier molecular flexibility index (Phi) is 5.94. The molecule has 2 rings (SSSR count). The molecule has 0 atom stereocenters. The Morgan fingerprint density at radius 3 is 2.65 bits per heavy atom. The molecule has 2 N–H and O–H groups in total. The van der Waals surface area contributed by atoms with Gasteiger partial charge in [0.25, 0.3) is 0 Å². The molecule has 0 aliphatic rings. The number of aromatic nitrogens is 2. The summed E-state index contributed by atoms with van der Waals surface area (Å²) < 4.78 is 1.83. The lowest BCUT2D eigenvalue weighted by Gasteiger charge is -2.20. The molecule has 0 bridgehead atoms. The fourth-order valence-corrected chi connectivity index (χ4v) is 2.36. The Labute approximate surface area is 135 Å². The minimum atomic E-state index is -0.0417. The van der Waals surface area contributed by atoms with Crippen molar-refractivity contribution in [3.8, 4) is 0 Å². The number of carbonyl (C=O) groups excluding carboxylic acids is 1. The fraction of sp³-hybridized carbons (Fsp3) is 0.294. The molecule has 0 radical (unpaired) electrons. The largest absolute Gasteiger partial charge is 0.395 e. The second-order valence-corrected chi connectivity index (χ2v) is 5.04. The van der Waals surface area contributed by atoms with Gasteiger partial charge >= 0.3 is 0 Å². The Morgan fingerprint density at radius 2 is 2.00 bits per heavy atom. The van der Waals surface area contributed by atoms with E-state index in [1.165, 1.54) is 0 Å². The predicted molar refractivity (Wildman–Crippen MR) is 92.3 cm³/mol. The standard InChI is InChI=1S/C17H22N4O2/c1-3-10-20(11-4-2)16(23)13-21-15-8-6-5-7-14(15)19-17(21)18-9-12-22/h3-8,22H,1-2,9-13H2,(H,18,19). The van der Waals surface area contributed by atoms with E-state index in [9.17, 15) is 4.79 Å². The van der Waals surface area contributed by atoms with Crippen LogP contribution in [0.25, 0.3) is 11.0 Å². The van der Waals surface area contributed by atoms with Gasteiger partial charge in [0.15, 0.2) is 0 Å². The highest BCUT2D eigenvalue weighted by molar-refractivity contribution is 5.83. The van der Waals surface area contributed by atoms with Gasteiger partial charge in [0, 0.05) is 19.6 Å². The van der Waals surface area contributed by atoms with Crippen LogP contribution in [0.5, 0.6) is 0 Å². The van der Waals surface area contributed by atoms with Gasteiger partial charge in [0.1, 0.15) is 6.54 Å². The lowest BCUT2D eigenvalue weighted by Crippen LogP contribution is -2.34. The number of nitrogens with zero attached hydrogens (tertiary/aromatic N) is 3. The molecule has 6 nitrogen and oxygen atoms in total. The number of fused-ring (bicyclic) bond motifs is 1. The van der Waals surface area contributed by atoms with E-state index in [4.69, 9.17) is 5.11 Å². The van der Waals surface area contributed by atoms with Gasteiger partial charge in [0.2, 0.25) is 11.9 Å². The van der Waals surface area contributed by atoms with Crippen molar-refractivity contribution >= 4 is 22.9 Å². The second-order valence-electron chi connectivity index (χ2n) is 5.04. The number of rotatable bonds is 9. The number of aliphatic hydroxyl groups is 1. The van der Waals surface area contributed by atoms with E-state index in [-0.39, 0.29) is 19.1 Å². The average Bonchev–Trinajstić information content (AvgIpc) is 2.90. The van der Waals surface area contributed by atoms with Crippen molar-refractivity contribution in [1.82, 2.24) is 14.5 Å². The van der Waals surface area contributed by atoms with Crippen LogP contribution in [0, 0.1) is 0 Å². The van der Waals surface area contributed by atoms with E-state index < -0.39 is 0 Å². The molecule has 1 amide bonds. The van der Waals surface area contributed by atoms with Gasteiger partial charge in [-0.15, -0.1) is 13.2 Å². The van der Waals surface area contributed by atoms with Gasteiger partial charge in [-0.25, -0.2) is 4.98 Å². The Hall–Kier alpha value is -2.60. The van der Waals surface area contributed by atoms with Gasteiger partial charge in [-0.3, -0.25) is 4.79 Å². The topological polar surface area (TPSA) is 70.4 Å². The summed E-state index contributed by atoms with van der Waals surface area (Å²) in [5.41, 5.74) is 1.68. The molecule has 2 aromatic rings. The quantitative estimate of drug-likeness (QED) is 0.690. The van der Waals surface area contributed by atoms with E-state index in [1.54, 1.807) is 17.1 Å². The first-order valence-corrected chi connectivity index (χ1v) is 7.50. The highest BCUT2D eigenvalue weighted by Gasteiger charge is 2.16. The van der Waals surface area contributed by atoms with Crippen molar-refractivity contribution in [3.05, 3.63) is 49.6 Å². The molecule has 1 heterocycles. The number of amides is 1. The van der Waals surface area contributed by atoms with Crippen LogP contribution in [0.3, 0.4) is 0 Å². The zero-order valence-corrected chi connectivity index (χ0v) is 13.1. The van der Waals surface area contributed by atoms with E-state index >= 15 is 0 Å². The molecule has 122 valence electrons. The number of imidazole rings is 1. The highest BCUT2D eigenvalue weighted by atomic mass is 16.3. The maximum absolute atomic E-state index is 12.6. The summed E-state index contributed by atoms with van der Waals surface area (Å²) in [6.07, 6.45) is 3.39. The molecule has 0 aliphatic heterocycles. The van der Waals surface area contributed by atoms with Crippen LogP contribution >= 0.6 is 0 Å². The van der Waals surface area contributed by atoms with Gasteiger partial charge in [-0.1, -0.05) is 24.3 Å². The van der Waals surface area contributed by atoms with Gasteiger partial charge in [-0.05, 0) is 12.1 Å². The monoisotopic (exact) mass is 314 g/mol. The van der Waals surface area contributed by atoms with E-state index in [1.807, 2.05) is 28.8 Å². The van der Waals surface area contributed by atoms with Crippen molar-refractivity contribution < 1.29 is 9.90 Å². The van der Waals surface area contributed by atoms with Crippen molar-refractivity contribution in [2.24, 2.45) is 0 Å². The van der Waals surface area contributed by atoms with Crippen molar-refractivity contribution in [3.63, 3.8) is 0 Å². The molecule has 0 saturated carbocycles. The highest BCUT2D eigenvalue weighted by Crippen LogP contribution is 2.19. The summed E-state index contributed by atoms with van der Waals surface area (Å²) in [7, 11) is 0. The Bertz CT molecular complexity index is 683. The molecule has 1 aromatic heterocycles. The molecule has 0 aliphatic carbocycles. The van der Waals surface area contributed by atoms with Crippen LogP contribution in [-0.4, -0.2) is 51.7 Å². The zero-order chi connectivity index (χ0) is 16.7. The van der Waals surface area contributed by atoms with E-state index in [2.05, 4.69) is 23.5 Å². The minimum absolute atomic E-state index is 0.00376. The van der Waals surface area contributed by atoms with E-state index in [0.717, 1.165) is 11.0 Å². The molecule has 0 spiro atoms. The molecule has 0 fully saturated rings. The summed E-state index contributed by atoms with van der Waals surface area (Å²) >= 11 is 0. The zero-order valence-electron chi connectivity index (χ0n) is 13.1. The first-order chi connectivity index (χ1) is 11.2. The third-order valence-electron chi connectivity index (χ3n) is 3.39. The predicted octanol–water partition coefficient (Wildman–Crippen LogP) is 1.64. The number of nitrogens with one attached hydrogen (secondary N) is 1. The smallest absolute Gasteiger partial charge is 0.243 e. The maximum atomic E-state index is 12.6. The fourth-order valence-electron chi connectivity index (χ4n) is 2.36. The second kappa shape index (κ2) is 8.14. The molecule has 0 unspecified atom stereocenters. The summed E-state index contributed by atoms with van der Waals surface area (Å²) in [5, 5.41) is 12.1. The van der Waals surface area contributed by atoms with Crippen LogP contribution in [0.2, 0.25) is 0 Å². The molecule has 23 heavy (non-hydrogen) atoms. The first-order valence-electron chi connectivity index (χ1n) is 7.50. The van der Waals surface area contributed by atoms with Crippen LogP contribution in [0.1, 0.15) is 0 Å². The number of hydrogen-bond acceptors (Lipinski definition) is 4. The minimum Gasteiger partial charge on any atom is -0.395 e. The summed E-state index contributed by atoms with van der Waals surface area (Å²) in [6.45, 7) is 8.84. The number of carbonyl (C=O) groups is 1. The third kappa shape index (κ3) is 3.98. The Morgan fingerprint density at radius 1 is 1.30 bits per heavy atom. The third-order valence-corrected chi connectivity index (χ3v) is 3.39. The number of aliphatic hydroxyl groups excluding tert-OH is 1. The first kappa shape index (κ1) is 16.8. The van der Waals surface area contributed by atoms with Crippen LogP contribution in [-0.2, 0) is 11.3 Å². The van der Waals surface area contributed by atoms with Gasteiger partial charge in [0.05, 0.1) is 17.6 Å².